The van der Waals surface area contributed by atoms with Gasteiger partial charge < -0.3 is 9.15 Å². The smallest absolute Gasteiger partial charge is 0.339 e. The predicted octanol–water partition coefficient (Wildman–Crippen LogP) is 5.85. The summed E-state index contributed by atoms with van der Waals surface area (Å²) < 4.78 is 10.9. The standard InChI is InChI=1S/C20H17Cl2NO3/c1-2-3-10-25-15-7-4-13(5-8-15)18-12-19(24)26-20(23-18)16-9-6-14(21)11-17(16)22/h4-9,11-12H,2-3,10H2,1H3. The van der Waals surface area contributed by atoms with Gasteiger partial charge in [-0.2, -0.15) is 0 Å². The molecule has 1 heterocycles. The van der Waals surface area contributed by atoms with E-state index in [2.05, 4.69) is 11.9 Å². The van der Waals surface area contributed by atoms with Crippen molar-refractivity contribution < 1.29 is 9.15 Å². The Kier molecular flexibility index (Phi) is 5.96. The van der Waals surface area contributed by atoms with E-state index in [0.717, 1.165) is 24.2 Å². The van der Waals surface area contributed by atoms with Crippen LogP contribution in [0.2, 0.25) is 10.0 Å². The number of aromatic nitrogens is 1. The summed E-state index contributed by atoms with van der Waals surface area (Å²) in [6.07, 6.45) is 2.09. The van der Waals surface area contributed by atoms with E-state index in [4.69, 9.17) is 32.4 Å². The molecule has 3 rings (SSSR count). The summed E-state index contributed by atoms with van der Waals surface area (Å²) >= 11 is 12.1. The Bertz CT molecular complexity index is 952. The van der Waals surface area contributed by atoms with Crippen molar-refractivity contribution in [1.82, 2.24) is 4.98 Å². The third-order valence-electron chi connectivity index (χ3n) is 3.75. The number of ether oxygens (including phenoxy) is 1. The molecule has 0 amide bonds. The molecular formula is C20H17Cl2NO3. The molecule has 0 N–H and O–H groups in total. The maximum absolute atomic E-state index is 12.0. The lowest BCUT2D eigenvalue weighted by molar-refractivity contribution is 0.309. The van der Waals surface area contributed by atoms with Crippen molar-refractivity contribution in [3.63, 3.8) is 0 Å². The number of hydrogen-bond donors (Lipinski definition) is 0. The Morgan fingerprint density at radius 1 is 1.08 bits per heavy atom. The van der Waals surface area contributed by atoms with Crippen molar-refractivity contribution in [2.45, 2.75) is 19.8 Å². The van der Waals surface area contributed by atoms with Crippen LogP contribution in [0.15, 0.2) is 57.7 Å². The van der Waals surface area contributed by atoms with Crippen molar-refractivity contribution >= 4 is 23.2 Å². The molecule has 4 nitrogen and oxygen atoms in total. The lowest BCUT2D eigenvalue weighted by atomic mass is 10.1. The molecule has 1 aromatic heterocycles. The molecule has 0 aliphatic carbocycles. The highest BCUT2D eigenvalue weighted by atomic mass is 35.5. The Labute approximate surface area is 161 Å². The molecule has 0 bridgehead atoms. The van der Waals surface area contributed by atoms with E-state index in [9.17, 15) is 4.79 Å². The van der Waals surface area contributed by atoms with E-state index in [1.165, 1.54) is 6.07 Å². The van der Waals surface area contributed by atoms with Gasteiger partial charge in [-0.1, -0.05) is 36.5 Å². The first-order valence-corrected chi connectivity index (χ1v) is 9.03. The molecule has 0 unspecified atom stereocenters. The summed E-state index contributed by atoms with van der Waals surface area (Å²) in [6.45, 7) is 2.80. The first-order chi connectivity index (χ1) is 12.6. The fourth-order valence-corrected chi connectivity index (χ4v) is 2.87. The number of nitrogens with zero attached hydrogens (tertiary/aromatic N) is 1. The highest BCUT2D eigenvalue weighted by molar-refractivity contribution is 6.36. The molecule has 2 aromatic carbocycles. The van der Waals surface area contributed by atoms with Gasteiger partial charge in [0, 0.05) is 10.6 Å². The molecule has 0 atom stereocenters. The minimum atomic E-state index is -0.501. The molecule has 3 aromatic rings. The lowest BCUT2D eigenvalue weighted by Crippen LogP contribution is -2.02. The normalized spacial score (nSPS) is 10.7. The van der Waals surface area contributed by atoms with Gasteiger partial charge in [0.05, 0.1) is 29.0 Å². The highest BCUT2D eigenvalue weighted by Gasteiger charge is 2.12. The fraction of sp³-hybridized carbons (Fsp3) is 0.200. The van der Waals surface area contributed by atoms with Gasteiger partial charge in [-0.3, -0.25) is 0 Å². The summed E-state index contributed by atoms with van der Waals surface area (Å²) in [4.78, 5) is 16.4. The monoisotopic (exact) mass is 389 g/mol. The minimum absolute atomic E-state index is 0.150. The van der Waals surface area contributed by atoms with Crippen LogP contribution in [-0.4, -0.2) is 11.6 Å². The summed E-state index contributed by atoms with van der Waals surface area (Å²) in [6, 6.07) is 13.7. The van der Waals surface area contributed by atoms with Crippen LogP contribution in [0.3, 0.4) is 0 Å². The molecule has 134 valence electrons. The van der Waals surface area contributed by atoms with E-state index >= 15 is 0 Å². The fourth-order valence-electron chi connectivity index (χ4n) is 2.38. The van der Waals surface area contributed by atoms with E-state index in [-0.39, 0.29) is 5.89 Å². The van der Waals surface area contributed by atoms with Crippen LogP contribution in [0.1, 0.15) is 19.8 Å². The molecule has 0 spiro atoms. The van der Waals surface area contributed by atoms with Gasteiger partial charge in [0.15, 0.2) is 0 Å². The first kappa shape index (κ1) is 18.5. The Balaban J connectivity index is 1.91. The van der Waals surface area contributed by atoms with Crippen molar-refractivity contribution in [2.24, 2.45) is 0 Å². The molecule has 26 heavy (non-hydrogen) atoms. The number of hydrogen-bond acceptors (Lipinski definition) is 4. The maximum Gasteiger partial charge on any atom is 0.339 e. The SMILES string of the molecule is CCCCOc1ccc(-c2cc(=O)oc(-c3ccc(Cl)cc3Cl)n2)cc1. The van der Waals surface area contributed by atoms with Gasteiger partial charge in [0.1, 0.15) is 5.75 Å². The molecule has 0 radical (unpaired) electrons. The summed E-state index contributed by atoms with van der Waals surface area (Å²) in [7, 11) is 0. The van der Waals surface area contributed by atoms with Crippen molar-refractivity contribution in [1.29, 1.82) is 0 Å². The van der Waals surface area contributed by atoms with E-state index in [0.29, 0.717) is 27.9 Å². The molecule has 0 saturated heterocycles. The molecular weight excluding hydrogens is 373 g/mol. The first-order valence-electron chi connectivity index (χ1n) is 8.27. The van der Waals surface area contributed by atoms with Gasteiger partial charge in [0.2, 0.25) is 5.89 Å². The highest BCUT2D eigenvalue weighted by Crippen LogP contribution is 2.30. The van der Waals surface area contributed by atoms with Crippen LogP contribution in [0.4, 0.5) is 0 Å². The lowest BCUT2D eigenvalue weighted by Gasteiger charge is -2.07. The van der Waals surface area contributed by atoms with E-state index < -0.39 is 5.63 Å². The van der Waals surface area contributed by atoms with Crippen LogP contribution in [-0.2, 0) is 0 Å². The second kappa shape index (κ2) is 8.39. The Hall–Kier alpha value is -2.30. The average Bonchev–Trinajstić information content (AvgIpc) is 2.62. The van der Waals surface area contributed by atoms with E-state index in [1.807, 2.05) is 24.3 Å². The number of rotatable bonds is 6. The third-order valence-corrected chi connectivity index (χ3v) is 4.30. The Morgan fingerprint density at radius 2 is 1.85 bits per heavy atom. The predicted molar refractivity (Wildman–Crippen MR) is 104 cm³/mol. The van der Waals surface area contributed by atoms with Crippen molar-refractivity contribution in [2.75, 3.05) is 6.61 Å². The molecule has 0 aliphatic heterocycles. The minimum Gasteiger partial charge on any atom is -0.494 e. The van der Waals surface area contributed by atoms with Crippen LogP contribution in [0.25, 0.3) is 22.7 Å². The topological polar surface area (TPSA) is 52.3 Å². The van der Waals surface area contributed by atoms with Crippen LogP contribution >= 0.6 is 23.2 Å². The number of halogens is 2. The van der Waals surface area contributed by atoms with Crippen LogP contribution < -0.4 is 10.4 Å². The third kappa shape index (κ3) is 4.45. The zero-order valence-electron chi connectivity index (χ0n) is 14.2. The molecule has 6 heteroatoms. The Morgan fingerprint density at radius 3 is 2.54 bits per heavy atom. The largest absolute Gasteiger partial charge is 0.494 e. The summed E-state index contributed by atoms with van der Waals surface area (Å²) in [5, 5.41) is 0.862. The van der Waals surface area contributed by atoms with Crippen LogP contribution in [0.5, 0.6) is 5.75 Å². The van der Waals surface area contributed by atoms with Gasteiger partial charge in [-0.25, -0.2) is 9.78 Å². The second-order valence-electron chi connectivity index (χ2n) is 5.72. The van der Waals surface area contributed by atoms with Gasteiger partial charge in [-0.15, -0.1) is 0 Å². The number of unbranched alkanes of at least 4 members (excludes halogenated alkanes) is 1. The number of benzene rings is 2. The summed E-state index contributed by atoms with van der Waals surface area (Å²) in [5.74, 6) is 0.934. The summed E-state index contributed by atoms with van der Waals surface area (Å²) in [5.41, 5.74) is 1.29. The second-order valence-corrected chi connectivity index (χ2v) is 6.56. The molecule has 0 aliphatic rings. The zero-order chi connectivity index (χ0) is 18.5. The van der Waals surface area contributed by atoms with Crippen molar-refractivity contribution in [3.8, 4) is 28.5 Å². The zero-order valence-corrected chi connectivity index (χ0v) is 15.7. The average molecular weight is 390 g/mol. The van der Waals surface area contributed by atoms with Gasteiger partial charge in [0.25, 0.3) is 0 Å². The molecule has 0 fully saturated rings. The quantitative estimate of drug-likeness (QED) is 0.495. The van der Waals surface area contributed by atoms with Gasteiger partial charge >= 0.3 is 5.63 Å². The van der Waals surface area contributed by atoms with Gasteiger partial charge in [-0.05, 0) is 48.9 Å². The molecule has 0 saturated carbocycles. The van der Waals surface area contributed by atoms with Crippen molar-refractivity contribution in [3.05, 3.63) is 69.0 Å². The maximum atomic E-state index is 12.0. The van der Waals surface area contributed by atoms with Crippen LogP contribution in [0, 0.1) is 0 Å². The van der Waals surface area contributed by atoms with E-state index in [1.54, 1.807) is 18.2 Å².